The second-order valence-corrected chi connectivity index (χ2v) is 5.83. The summed E-state index contributed by atoms with van der Waals surface area (Å²) in [6, 6.07) is 16.9. The number of hydrogen-bond acceptors (Lipinski definition) is 1. The molecular formula is C19H24O. The van der Waals surface area contributed by atoms with Gasteiger partial charge < -0.3 is 4.74 Å². The van der Waals surface area contributed by atoms with Crippen LogP contribution in [0, 0.1) is 12.8 Å². The predicted octanol–water partition coefficient (Wildman–Crippen LogP) is 5.33. The molecule has 2 aromatic rings. The van der Waals surface area contributed by atoms with Crippen molar-refractivity contribution in [3.05, 3.63) is 65.2 Å². The zero-order valence-electron chi connectivity index (χ0n) is 12.9. The lowest BCUT2D eigenvalue weighted by atomic mass is 9.90. The Kier molecular flexibility index (Phi) is 4.84. The normalized spacial score (nSPS) is 12.4. The molecule has 0 aliphatic rings. The van der Waals surface area contributed by atoms with Gasteiger partial charge in [-0.25, -0.2) is 0 Å². The third-order valence-electron chi connectivity index (χ3n) is 3.98. The molecule has 2 rings (SSSR count). The van der Waals surface area contributed by atoms with E-state index in [-0.39, 0.29) is 0 Å². The Hall–Kier alpha value is -1.76. The van der Waals surface area contributed by atoms with Crippen LogP contribution in [0.15, 0.2) is 48.5 Å². The van der Waals surface area contributed by atoms with Crippen molar-refractivity contribution in [1.29, 1.82) is 0 Å². The van der Waals surface area contributed by atoms with Gasteiger partial charge in [0.15, 0.2) is 0 Å². The van der Waals surface area contributed by atoms with E-state index < -0.39 is 0 Å². The van der Waals surface area contributed by atoms with E-state index in [4.69, 9.17) is 4.74 Å². The highest BCUT2D eigenvalue weighted by molar-refractivity contribution is 5.38. The molecule has 1 heteroatoms. The van der Waals surface area contributed by atoms with Crippen molar-refractivity contribution in [1.82, 2.24) is 0 Å². The second-order valence-electron chi connectivity index (χ2n) is 5.83. The Morgan fingerprint density at radius 1 is 0.950 bits per heavy atom. The topological polar surface area (TPSA) is 9.23 Å². The zero-order chi connectivity index (χ0) is 14.5. The molecule has 20 heavy (non-hydrogen) atoms. The summed E-state index contributed by atoms with van der Waals surface area (Å²) in [6.45, 7) is 9.52. The molecule has 0 radical (unpaired) electrons. The average Bonchev–Trinajstić information content (AvgIpc) is 2.46. The summed E-state index contributed by atoms with van der Waals surface area (Å²) < 4.78 is 5.99. The molecule has 0 N–H and O–H groups in total. The zero-order valence-corrected chi connectivity index (χ0v) is 12.9. The number of benzene rings is 2. The van der Waals surface area contributed by atoms with Crippen LogP contribution in [0.5, 0.6) is 5.75 Å². The Bertz CT molecular complexity index is 543. The lowest BCUT2D eigenvalue weighted by molar-refractivity contribution is 0.303. The molecule has 0 heterocycles. The van der Waals surface area contributed by atoms with Crippen molar-refractivity contribution in [2.24, 2.45) is 5.92 Å². The van der Waals surface area contributed by atoms with Crippen molar-refractivity contribution in [2.75, 3.05) is 0 Å². The highest BCUT2D eigenvalue weighted by Gasteiger charge is 2.12. The first-order chi connectivity index (χ1) is 9.58. The van der Waals surface area contributed by atoms with Crippen LogP contribution < -0.4 is 4.74 Å². The number of rotatable bonds is 5. The fraction of sp³-hybridized carbons (Fsp3) is 0.368. The van der Waals surface area contributed by atoms with Gasteiger partial charge in [0.2, 0.25) is 0 Å². The van der Waals surface area contributed by atoms with Crippen molar-refractivity contribution in [3.8, 4) is 5.75 Å². The molecule has 0 saturated carbocycles. The third kappa shape index (κ3) is 3.63. The van der Waals surface area contributed by atoms with Crippen molar-refractivity contribution < 1.29 is 4.74 Å². The summed E-state index contributed by atoms with van der Waals surface area (Å²) in [5.41, 5.74) is 3.75. The maximum Gasteiger partial charge on any atom is 0.123 e. The number of aryl methyl sites for hydroxylation is 1. The molecule has 0 aromatic heterocycles. The Balaban J connectivity index is 2.13. The fourth-order valence-electron chi connectivity index (χ4n) is 2.18. The molecular weight excluding hydrogens is 244 g/mol. The summed E-state index contributed by atoms with van der Waals surface area (Å²) in [5, 5.41) is 0. The SMILES string of the molecule is Cc1ccc(C(C)C(C)C)cc1OCc1ccccc1. The first kappa shape index (κ1) is 14.6. The molecule has 1 atom stereocenters. The predicted molar refractivity (Wildman–Crippen MR) is 85.2 cm³/mol. The first-order valence-corrected chi connectivity index (χ1v) is 7.35. The quantitative estimate of drug-likeness (QED) is 0.711. The molecule has 0 aliphatic carbocycles. The van der Waals surface area contributed by atoms with Gasteiger partial charge in [-0.1, -0.05) is 63.2 Å². The molecule has 0 amide bonds. The second kappa shape index (κ2) is 6.60. The smallest absolute Gasteiger partial charge is 0.123 e. The van der Waals surface area contributed by atoms with Gasteiger partial charge in [0.1, 0.15) is 12.4 Å². The van der Waals surface area contributed by atoms with Gasteiger partial charge in [-0.15, -0.1) is 0 Å². The first-order valence-electron chi connectivity index (χ1n) is 7.35. The minimum atomic E-state index is 0.551. The van der Waals surface area contributed by atoms with Crippen LogP contribution in [-0.2, 0) is 6.61 Å². The number of hydrogen-bond donors (Lipinski definition) is 0. The van der Waals surface area contributed by atoms with Crippen LogP contribution in [-0.4, -0.2) is 0 Å². The van der Waals surface area contributed by atoms with Crippen molar-refractivity contribution in [2.45, 2.75) is 40.2 Å². The highest BCUT2D eigenvalue weighted by atomic mass is 16.5. The van der Waals surface area contributed by atoms with Crippen LogP contribution >= 0.6 is 0 Å². The minimum absolute atomic E-state index is 0.551. The highest BCUT2D eigenvalue weighted by Crippen LogP contribution is 2.29. The monoisotopic (exact) mass is 268 g/mol. The van der Waals surface area contributed by atoms with E-state index in [0.29, 0.717) is 18.4 Å². The number of ether oxygens (including phenoxy) is 1. The minimum Gasteiger partial charge on any atom is -0.489 e. The molecule has 0 fully saturated rings. The largest absolute Gasteiger partial charge is 0.489 e. The average molecular weight is 268 g/mol. The standard InChI is InChI=1S/C19H24O/c1-14(2)16(4)18-11-10-15(3)19(12-18)20-13-17-8-6-5-7-9-17/h5-12,14,16H,13H2,1-4H3. The Morgan fingerprint density at radius 3 is 2.30 bits per heavy atom. The maximum atomic E-state index is 5.99. The van der Waals surface area contributed by atoms with E-state index in [1.807, 2.05) is 18.2 Å². The van der Waals surface area contributed by atoms with Crippen molar-refractivity contribution >= 4 is 0 Å². The van der Waals surface area contributed by atoms with Crippen LogP contribution in [0.25, 0.3) is 0 Å². The summed E-state index contributed by atoms with van der Waals surface area (Å²) in [5.74, 6) is 2.19. The van der Waals surface area contributed by atoms with Gasteiger partial charge in [0.25, 0.3) is 0 Å². The van der Waals surface area contributed by atoms with Gasteiger partial charge >= 0.3 is 0 Å². The van der Waals surface area contributed by atoms with Gasteiger partial charge in [0, 0.05) is 0 Å². The van der Waals surface area contributed by atoms with Gasteiger partial charge in [-0.3, -0.25) is 0 Å². The fourth-order valence-corrected chi connectivity index (χ4v) is 2.18. The van der Waals surface area contributed by atoms with Crippen LogP contribution in [0.2, 0.25) is 0 Å². The van der Waals surface area contributed by atoms with E-state index in [0.717, 1.165) is 5.75 Å². The van der Waals surface area contributed by atoms with Gasteiger partial charge in [-0.2, -0.15) is 0 Å². The Morgan fingerprint density at radius 2 is 1.65 bits per heavy atom. The summed E-state index contributed by atoms with van der Waals surface area (Å²) in [6.07, 6.45) is 0. The lowest BCUT2D eigenvalue weighted by Gasteiger charge is -2.18. The summed E-state index contributed by atoms with van der Waals surface area (Å²) in [4.78, 5) is 0. The van der Waals surface area contributed by atoms with E-state index in [2.05, 4.69) is 58.0 Å². The summed E-state index contributed by atoms with van der Waals surface area (Å²) in [7, 11) is 0. The summed E-state index contributed by atoms with van der Waals surface area (Å²) >= 11 is 0. The van der Waals surface area contributed by atoms with Crippen LogP contribution in [0.4, 0.5) is 0 Å². The molecule has 0 spiro atoms. The molecule has 106 valence electrons. The molecule has 0 saturated heterocycles. The maximum absolute atomic E-state index is 5.99. The van der Waals surface area contributed by atoms with Gasteiger partial charge in [0.05, 0.1) is 0 Å². The molecule has 1 unspecified atom stereocenters. The molecule has 0 bridgehead atoms. The lowest BCUT2D eigenvalue weighted by Crippen LogP contribution is -2.03. The van der Waals surface area contributed by atoms with Crippen LogP contribution in [0.1, 0.15) is 43.4 Å². The third-order valence-corrected chi connectivity index (χ3v) is 3.98. The van der Waals surface area contributed by atoms with Crippen LogP contribution in [0.3, 0.4) is 0 Å². The van der Waals surface area contributed by atoms with E-state index in [9.17, 15) is 0 Å². The molecule has 1 nitrogen and oxygen atoms in total. The molecule has 2 aromatic carbocycles. The Labute approximate surface area is 122 Å². The molecule has 0 aliphatic heterocycles. The van der Waals surface area contributed by atoms with E-state index in [1.165, 1.54) is 16.7 Å². The van der Waals surface area contributed by atoms with E-state index >= 15 is 0 Å². The van der Waals surface area contributed by atoms with Gasteiger partial charge in [-0.05, 0) is 41.5 Å². The van der Waals surface area contributed by atoms with Crippen molar-refractivity contribution in [3.63, 3.8) is 0 Å². The van der Waals surface area contributed by atoms with E-state index in [1.54, 1.807) is 0 Å².